The van der Waals surface area contributed by atoms with Crippen LogP contribution in [0.15, 0.2) is 66.2 Å². The van der Waals surface area contributed by atoms with Crippen LogP contribution in [0.4, 0.5) is 0 Å². The Labute approximate surface area is 167 Å². The second-order valence-corrected chi connectivity index (χ2v) is 7.13. The number of rotatable bonds is 5. The maximum Gasteiger partial charge on any atom is 0.134 e. The normalized spacial score (nSPS) is 11.3. The van der Waals surface area contributed by atoms with E-state index in [9.17, 15) is 5.26 Å². The van der Waals surface area contributed by atoms with Crippen LogP contribution in [-0.4, -0.2) is 9.55 Å². The van der Waals surface area contributed by atoms with Gasteiger partial charge < -0.3 is 4.57 Å². The number of aromatic nitrogens is 2. The third-order valence-electron chi connectivity index (χ3n) is 4.51. The van der Waals surface area contributed by atoms with Gasteiger partial charge in [0.05, 0.1) is 23.8 Å². The van der Waals surface area contributed by atoms with Crippen molar-refractivity contribution in [1.29, 1.82) is 10.5 Å². The summed E-state index contributed by atoms with van der Waals surface area (Å²) in [6, 6.07) is 22.5. The van der Waals surface area contributed by atoms with Gasteiger partial charge in [-0.05, 0) is 12.1 Å². The molecular weight excluding hydrogens is 364 g/mol. The molecule has 0 atom stereocenters. The van der Waals surface area contributed by atoms with E-state index in [-0.39, 0.29) is 0 Å². The standard InChI is InChI=1S/C23H16N4S/c24-11-6-12-27-15-19(20-9-4-5-10-22(20)27)13-18(14-25)23-26-21(16-28-23)17-7-2-1-3-8-17/h1-5,7-10,13,15-16H,6,12H2/b18-13+. The smallest absolute Gasteiger partial charge is 0.134 e. The molecule has 2 aromatic heterocycles. The zero-order valence-electron chi connectivity index (χ0n) is 15.0. The van der Waals surface area contributed by atoms with Crippen LogP contribution in [-0.2, 0) is 6.54 Å². The molecule has 0 aliphatic carbocycles. The highest BCUT2D eigenvalue weighted by atomic mass is 32.1. The molecule has 0 amide bonds. The molecule has 0 radical (unpaired) electrons. The fourth-order valence-electron chi connectivity index (χ4n) is 3.18. The molecule has 0 aliphatic rings. The van der Waals surface area contributed by atoms with Crippen molar-refractivity contribution in [3.63, 3.8) is 0 Å². The van der Waals surface area contributed by atoms with Gasteiger partial charge in [-0.15, -0.1) is 11.3 Å². The molecule has 0 unspecified atom stereocenters. The van der Waals surface area contributed by atoms with Crippen molar-refractivity contribution in [3.8, 4) is 23.4 Å². The molecule has 0 bridgehead atoms. The van der Waals surface area contributed by atoms with Crippen LogP contribution >= 0.6 is 11.3 Å². The number of hydrogen-bond donors (Lipinski definition) is 0. The maximum atomic E-state index is 9.74. The van der Waals surface area contributed by atoms with Crippen LogP contribution in [0, 0.1) is 22.7 Å². The number of benzene rings is 2. The molecule has 28 heavy (non-hydrogen) atoms. The Balaban J connectivity index is 1.75. The van der Waals surface area contributed by atoms with E-state index in [4.69, 9.17) is 5.26 Å². The second kappa shape index (κ2) is 7.92. The Bertz CT molecular complexity index is 1230. The Morgan fingerprint density at radius 1 is 1.07 bits per heavy atom. The SMILES string of the molecule is N#CCCn1cc(/C=C(\C#N)c2nc(-c3ccccc3)cs2)c2ccccc21. The van der Waals surface area contributed by atoms with Crippen molar-refractivity contribution in [2.75, 3.05) is 0 Å². The average molecular weight is 380 g/mol. The maximum absolute atomic E-state index is 9.74. The molecule has 4 rings (SSSR count). The average Bonchev–Trinajstić information content (AvgIpc) is 3.37. The van der Waals surface area contributed by atoms with E-state index in [1.807, 2.05) is 72.3 Å². The lowest BCUT2D eigenvalue weighted by Gasteiger charge is -2.00. The molecule has 4 aromatic rings. The highest BCUT2D eigenvalue weighted by Crippen LogP contribution is 2.29. The number of aryl methyl sites for hydroxylation is 1. The van der Waals surface area contributed by atoms with Gasteiger partial charge in [-0.2, -0.15) is 10.5 Å². The molecule has 134 valence electrons. The Hall–Kier alpha value is -3.67. The number of para-hydroxylation sites is 1. The van der Waals surface area contributed by atoms with E-state index in [0.29, 0.717) is 23.5 Å². The van der Waals surface area contributed by atoms with Crippen LogP contribution in [0.5, 0.6) is 0 Å². The summed E-state index contributed by atoms with van der Waals surface area (Å²) in [6.07, 6.45) is 4.34. The number of nitrogens with zero attached hydrogens (tertiary/aromatic N) is 4. The fourth-order valence-corrected chi connectivity index (χ4v) is 3.98. The number of thiazole rings is 1. The number of allylic oxidation sites excluding steroid dienone is 1. The van der Waals surface area contributed by atoms with Gasteiger partial charge in [0.15, 0.2) is 0 Å². The molecule has 2 heterocycles. The van der Waals surface area contributed by atoms with Gasteiger partial charge in [0, 0.05) is 40.2 Å². The van der Waals surface area contributed by atoms with Crippen LogP contribution in [0.2, 0.25) is 0 Å². The fraction of sp³-hybridized carbons (Fsp3) is 0.0870. The Morgan fingerprint density at radius 3 is 2.64 bits per heavy atom. The van der Waals surface area contributed by atoms with Gasteiger partial charge in [0.1, 0.15) is 11.1 Å². The van der Waals surface area contributed by atoms with Gasteiger partial charge in [0.25, 0.3) is 0 Å². The number of hydrogen-bond acceptors (Lipinski definition) is 4. The lowest BCUT2D eigenvalue weighted by Crippen LogP contribution is -1.94. The van der Waals surface area contributed by atoms with Crippen LogP contribution in [0.3, 0.4) is 0 Å². The molecule has 0 saturated heterocycles. The summed E-state index contributed by atoms with van der Waals surface area (Å²) in [7, 11) is 0. The Morgan fingerprint density at radius 2 is 1.86 bits per heavy atom. The first-order chi connectivity index (χ1) is 13.8. The Kier molecular flexibility index (Phi) is 5.01. The van der Waals surface area contributed by atoms with E-state index in [1.165, 1.54) is 11.3 Å². The number of nitriles is 2. The summed E-state index contributed by atoms with van der Waals surface area (Å²) in [5.41, 5.74) is 4.47. The first-order valence-corrected chi connectivity index (χ1v) is 9.76. The van der Waals surface area contributed by atoms with E-state index in [1.54, 1.807) is 0 Å². The van der Waals surface area contributed by atoms with Gasteiger partial charge in [-0.25, -0.2) is 4.98 Å². The summed E-state index contributed by atoms with van der Waals surface area (Å²) in [5.74, 6) is 0. The van der Waals surface area contributed by atoms with Crippen LogP contribution in [0.1, 0.15) is 17.0 Å². The van der Waals surface area contributed by atoms with Crippen LogP contribution < -0.4 is 0 Å². The van der Waals surface area contributed by atoms with Crippen LogP contribution in [0.25, 0.3) is 33.8 Å². The molecule has 0 aliphatic heterocycles. The quantitative estimate of drug-likeness (QED) is 0.415. The first-order valence-electron chi connectivity index (χ1n) is 8.88. The molecule has 0 fully saturated rings. The lowest BCUT2D eigenvalue weighted by atomic mass is 10.1. The minimum absolute atomic E-state index is 0.444. The minimum atomic E-state index is 0.444. The zero-order chi connectivity index (χ0) is 19.3. The molecule has 2 aromatic carbocycles. The molecular formula is C23H16N4S. The summed E-state index contributed by atoms with van der Waals surface area (Å²) in [6.45, 7) is 0.627. The van der Waals surface area contributed by atoms with Gasteiger partial charge in [-0.1, -0.05) is 48.5 Å². The van der Waals surface area contributed by atoms with E-state index >= 15 is 0 Å². The van der Waals surface area contributed by atoms with Gasteiger partial charge >= 0.3 is 0 Å². The third-order valence-corrected chi connectivity index (χ3v) is 5.38. The van der Waals surface area contributed by atoms with Crippen molar-refractivity contribution in [2.24, 2.45) is 0 Å². The minimum Gasteiger partial charge on any atom is -0.346 e. The molecule has 0 saturated carbocycles. The third kappa shape index (κ3) is 3.44. The molecule has 0 N–H and O–H groups in total. The second-order valence-electron chi connectivity index (χ2n) is 6.28. The highest BCUT2D eigenvalue weighted by molar-refractivity contribution is 7.11. The number of fused-ring (bicyclic) bond motifs is 1. The lowest BCUT2D eigenvalue weighted by molar-refractivity contribution is 0.744. The van der Waals surface area contributed by atoms with Gasteiger partial charge in [0.2, 0.25) is 0 Å². The summed E-state index contributed by atoms with van der Waals surface area (Å²) >= 11 is 1.47. The molecule has 0 spiro atoms. The summed E-state index contributed by atoms with van der Waals surface area (Å²) in [5, 5.41) is 22.4. The highest BCUT2D eigenvalue weighted by Gasteiger charge is 2.12. The monoisotopic (exact) mass is 380 g/mol. The van der Waals surface area contributed by atoms with Gasteiger partial charge in [-0.3, -0.25) is 0 Å². The van der Waals surface area contributed by atoms with Crippen molar-refractivity contribution in [1.82, 2.24) is 9.55 Å². The largest absolute Gasteiger partial charge is 0.346 e. The predicted molar refractivity (Wildman–Crippen MR) is 113 cm³/mol. The first kappa shape index (κ1) is 17.7. The molecule has 4 nitrogen and oxygen atoms in total. The van der Waals surface area contributed by atoms with E-state index in [0.717, 1.165) is 27.7 Å². The predicted octanol–water partition coefficient (Wildman–Crippen LogP) is 5.74. The van der Waals surface area contributed by atoms with Crippen molar-refractivity contribution >= 4 is 33.9 Å². The van der Waals surface area contributed by atoms with Crippen molar-refractivity contribution in [2.45, 2.75) is 13.0 Å². The van der Waals surface area contributed by atoms with E-state index < -0.39 is 0 Å². The van der Waals surface area contributed by atoms with Crippen molar-refractivity contribution in [3.05, 3.63) is 76.7 Å². The van der Waals surface area contributed by atoms with E-state index in [2.05, 4.69) is 21.7 Å². The zero-order valence-corrected chi connectivity index (χ0v) is 15.9. The topological polar surface area (TPSA) is 65.4 Å². The van der Waals surface area contributed by atoms with Crippen molar-refractivity contribution < 1.29 is 0 Å². The summed E-state index contributed by atoms with van der Waals surface area (Å²) < 4.78 is 2.07. The summed E-state index contributed by atoms with van der Waals surface area (Å²) in [4.78, 5) is 4.66. The molecule has 5 heteroatoms.